The Labute approximate surface area is 90.9 Å². The Morgan fingerprint density at radius 1 is 1.47 bits per heavy atom. The van der Waals surface area contributed by atoms with Crippen molar-refractivity contribution in [1.82, 2.24) is 0 Å². The standard InChI is InChI=1S/C13H18O2/c1-9-5-4-6-12(15)13(9)10(2)7-8-11(3)14/h4-6,10,15H,7-8H2,1-3H3. The zero-order chi connectivity index (χ0) is 11.4. The number of carbonyl (C=O) groups is 1. The van der Waals surface area contributed by atoms with Gasteiger partial charge in [-0.2, -0.15) is 0 Å². The molecule has 2 nitrogen and oxygen atoms in total. The molecule has 0 aromatic heterocycles. The monoisotopic (exact) mass is 206 g/mol. The smallest absolute Gasteiger partial charge is 0.129 e. The van der Waals surface area contributed by atoms with Crippen LogP contribution in [0.1, 0.15) is 43.7 Å². The summed E-state index contributed by atoms with van der Waals surface area (Å²) < 4.78 is 0. The molecule has 1 atom stereocenters. The third kappa shape index (κ3) is 3.08. The Morgan fingerprint density at radius 3 is 2.67 bits per heavy atom. The average Bonchev–Trinajstić information content (AvgIpc) is 2.14. The van der Waals surface area contributed by atoms with Gasteiger partial charge in [-0.05, 0) is 43.4 Å². The van der Waals surface area contributed by atoms with Crippen molar-refractivity contribution in [2.45, 2.75) is 39.5 Å². The molecule has 0 heterocycles. The summed E-state index contributed by atoms with van der Waals surface area (Å²) in [4.78, 5) is 10.9. The second kappa shape index (κ2) is 4.96. The van der Waals surface area contributed by atoms with Crippen LogP contribution >= 0.6 is 0 Å². The van der Waals surface area contributed by atoms with Crippen molar-refractivity contribution in [3.8, 4) is 5.75 Å². The summed E-state index contributed by atoms with van der Waals surface area (Å²) in [5, 5.41) is 9.74. The summed E-state index contributed by atoms with van der Waals surface area (Å²) in [6, 6.07) is 5.53. The Bertz CT molecular complexity index is 335. The Morgan fingerprint density at radius 2 is 2.13 bits per heavy atom. The van der Waals surface area contributed by atoms with Crippen LogP contribution in [-0.2, 0) is 4.79 Å². The van der Waals surface area contributed by atoms with Gasteiger partial charge in [-0.15, -0.1) is 0 Å². The third-order valence-electron chi connectivity index (χ3n) is 2.72. The molecule has 0 aliphatic carbocycles. The molecule has 0 fully saturated rings. The zero-order valence-electron chi connectivity index (χ0n) is 9.58. The normalized spacial score (nSPS) is 12.5. The first-order chi connectivity index (χ1) is 7.02. The highest BCUT2D eigenvalue weighted by Gasteiger charge is 2.13. The van der Waals surface area contributed by atoms with Gasteiger partial charge in [0.05, 0.1) is 0 Å². The zero-order valence-corrected chi connectivity index (χ0v) is 9.58. The van der Waals surface area contributed by atoms with Crippen LogP contribution in [0, 0.1) is 6.92 Å². The van der Waals surface area contributed by atoms with E-state index in [1.54, 1.807) is 13.0 Å². The maximum absolute atomic E-state index is 10.9. The summed E-state index contributed by atoms with van der Waals surface area (Å²) in [6.45, 7) is 5.63. The Hall–Kier alpha value is -1.31. The first-order valence-electron chi connectivity index (χ1n) is 5.30. The summed E-state index contributed by atoms with van der Waals surface area (Å²) in [5.41, 5.74) is 2.06. The second-order valence-corrected chi connectivity index (χ2v) is 4.15. The molecule has 1 aromatic rings. The predicted molar refractivity (Wildman–Crippen MR) is 61.2 cm³/mol. The molecule has 0 aliphatic heterocycles. The van der Waals surface area contributed by atoms with Crippen LogP contribution in [-0.4, -0.2) is 10.9 Å². The number of phenolic OH excluding ortho intramolecular Hbond substituents is 1. The lowest BCUT2D eigenvalue weighted by Gasteiger charge is -2.15. The highest BCUT2D eigenvalue weighted by Crippen LogP contribution is 2.31. The molecule has 82 valence electrons. The largest absolute Gasteiger partial charge is 0.508 e. The molecule has 0 spiro atoms. The quantitative estimate of drug-likeness (QED) is 0.821. The van der Waals surface area contributed by atoms with Crippen LogP contribution in [0.2, 0.25) is 0 Å². The molecule has 1 aromatic carbocycles. The maximum Gasteiger partial charge on any atom is 0.129 e. The molecule has 0 amide bonds. The van der Waals surface area contributed by atoms with E-state index in [0.717, 1.165) is 17.5 Å². The van der Waals surface area contributed by atoms with E-state index in [2.05, 4.69) is 0 Å². The highest BCUT2D eigenvalue weighted by atomic mass is 16.3. The van der Waals surface area contributed by atoms with E-state index < -0.39 is 0 Å². The number of hydrogen-bond acceptors (Lipinski definition) is 2. The number of ketones is 1. The lowest BCUT2D eigenvalue weighted by atomic mass is 9.91. The number of aryl methyl sites for hydroxylation is 1. The van der Waals surface area contributed by atoms with Gasteiger partial charge >= 0.3 is 0 Å². The molecular formula is C13H18O2. The van der Waals surface area contributed by atoms with Crippen molar-refractivity contribution in [1.29, 1.82) is 0 Å². The van der Waals surface area contributed by atoms with Crippen LogP contribution in [0.3, 0.4) is 0 Å². The number of aromatic hydroxyl groups is 1. The van der Waals surface area contributed by atoms with Crippen molar-refractivity contribution in [2.24, 2.45) is 0 Å². The third-order valence-corrected chi connectivity index (χ3v) is 2.72. The van der Waals surface area contributed by atoms with E-state index in [1.807, 2.05) is 26.0 Å². The van der Waals surface area contributed by atoms with Crippen LogP contribution in [0.25, 0.3) is 0 Å². The summed E-state index contributed by atoms with van der Waals surface area (Å²) in [5.74, 6) is 0.774. The Kier molecular flexibility index (Phi) is 3.89. The first kappa shape index (κ1) is 11.8. The fraction of sp³-hybridized carbons (Fsp3) is 0.462. The predicted octanol–water partition coefficient (Wildman–Crippen LogP) is 3.17. The van der Waals surface area contributed by atoms with Crippen LogP contribution in [0.5, 0.6) is 5.75 Å². The second-order valence-electron chi connectivity index (χ2n) is 4.15. The van der Waals surface area contributed by atoms with E-state index >= 15 is 0 Å². The van der Waals surface area contributed by atoms with Crippen molar-refractivity contribution in [2.75, 3.05) is 0 Å². The van der Waals surface area contributed by atoms with Crippen molar-refractivity contribution < 1.29 is 9.90 Å². The van der Waals surface area contributed by atoms with Gasteiger partial charge in [0.2, 0.25) is 0 Å². The fourth-order valence-electron chi connectivity index (χ4n) is 1.87. The Balaban J connectivity index is 2.81. The minimum absolute atomic E-state index is 0.204. The van der Waals surface area contributed by atoms with Crippen LogP contribution in [0.4, 0.5) is 0 Å². The van der Waals surface area contributed by atoms with Crippen molar-refractivity contribution in [3.63, 3.8) is 0 Å². The molecule has 0 aliphatic rings. The van der Waals surface area contributed by atoms with Gasteiger partial charge < -0.3 is 9.90 Å². The number of phenols is 1. The molecule has 15 heavy (non-hydrogen) atoms. The molecule has 0 radical (unpaired) electrons. The van der Waals surface area contributed by atoms with Gasteiger partial charge in [-0.3, -0.25) is 0 Å². The minimum atomic E-state index is 0.204. The molecule has 2 heteroatoms. The van der Waals surface area contributed by atoms with Gasteiger partial charge in [0.15, 0.2) is 0 Å². The van der Waals surface area contributed by atoms with E-state index in [9.17, 15) is 9.90 Å². The maximum atomic E-state index is 10.9. The van der Waals surface area contributed by atoms with Gasteiger partial charge in [0.1, 0.15) is 11.5 Å². The lowest BCUT2D eigenvalue weighted by molar-refractivity contribution is -0.117. The molecule has 1 N–H and O–H groups in total. The molecular weight excluding hydrogens is 188 g/mol. The highest BCUT2D eigenvalue weighted by molar-refractivity contribution is 5.75. The van der Waals surface area contributed by atoms with E-state index in [-0.39, 0.29) is 11.7 Å². The number of hydrogen-bond donors (Lipinski definition) is 1. The summed E-state index contributed by atoms with van der Waals surface area (Å²) in [7, 11) is 0. The number of carbonyl (C=O) groups excluding carboxylic acids is 1. The van der Waals surface area contributed by atoms with Gasteiger partial charge in [-0.25, -0.2) is 0 Å². The summed E-state index contributed by atoms with van der Waals surface area (Å²) in [6.07, 6.45) is 1.38. The molecule has 1 rings (SSSR count). The number of Topliss-reactive ketones (excluding diaryl/α,β-unsaturated/α-hetero) is 1. The van der Waals surface area contributed by atoms with Crippen molar-refractivity contribution in [3.05, 3.63) is 29.3 Å². The van der Waals surface area contributed by atoms with Gasteiger partial charge in [-0.1, -0.05) is 19.1 Å². The molecule has 0 saturated carbocycles. The molecule has 0 saturated heterocycles. The fourth-order valence-corrected chi connectivity index (χ4v) is 1.87. The topological polar surface area (TPSA) is 37.3 Å². The van der Waals surface area contributed by atoms with Gasteiger partial charge in [0.25, 0.3) is 0 Å². The molecule has 1 unspecified atom stereocenters. The lowest BCUT2D eigenvalue weighted by Crippen LogP contribution is -2.00. The van der Waals surface area contributed by atoms with Gasteiger partial charge in [0, 0.05) is 6.42 Å². The first-order valence-corrected chi connectivity index (χ1v) is 5.30. The SMILES string of the molecule is CC(=O)CCC(C)c1c(C)cccc1O. The average molecular weight is 206 g/mol. The van der Waals surface area contributed by atoms with E-state index in [4.69, 9.17) is 0 Å². The van der Waals surface area contributed by atoms with Crippen LogP contribution < -0.4 is 0 Å². The summed E-state index contributed by atoms with van der Waals surface area (Å²) >= 11 is 0. The molecule has 0 bridgehead atoms. The number of rotatable bonds is 4. The van der Waals surface area contributed by atoms with Crippen molar-refractivity contribution >= 4 is 5.78 Å². The van der Waals surface area contributed by atoms with E-state index in [1.165, 1.54) is 0 Å². The minimum Gasteiger partial charge on any atom is -0.508 e. The van der Waals surface area contributed by atoms with Crippen LogP contribution in [0.15, 0.2) is 18.2 Å². The number of benzene rings is 1. The van der Waals surface area contributed by atoms with E-state index in [0.29, 0.717) is 12.2 Å².